The Balaban J connectivity index is 1.70. The van der Waals surface area contributed by atoms with Crippen molar-refractivity contribution in [1.29, 1.82) is 0 Å². The molecule has 3 aromatic heterocycles. The molecule has 0 saturated heterocycles. The summed E-state index contributed by atoms with van der Waals surface area (Å²) in [6, 6.07) is 3.68. The number of carbonyl (C=O) groups excluding carboxylic acids is 1. The number of hydrogen-bond acceptors (Lipinski definition) is 6. The molecule has 0 aromatic carbocycles. The molecule has 1 atom stereocenters. The zero-order chi connectivity index (χ0) is 19.4. The largest absolute Gasteiger partial charge is 0.468 e. The van der Waals surface area contributed by atoms with Crippen LogP contribution in [-0.2, 0) is 18.4 Å². The molecule has 0 bridgehead atoms. The summed E-state index contributed by atoms with van der Waals surface area (Å²) < 4.78 is 8.35. The van der Waals surface area contributed by atoms with Gasteiger partial charge in [0.2, 0.25) is 5.91 Å². The van der Waals surface area contributed by atoms with E-state index in [1.54, 1.807) is 13.3 Å². The normalized spacial score (nSPS) is 12.6. The minimum absolute atomic E-state index is 0.0606. The van der Waals surface area contributed by atoms with E-state index >= 15 is 0 Å². The van der Waals surface area contributed by atoms with E-state index in [9.17, 15) is 9.59 Å². The predicted octanol–water partition coefficient (Wildman–Crippen LogP) is 0.922. The van der Waals surface area contributed by atoms with E-state index in [1.807, 2.05) is 12.1 Å². The van der Waals surface area contributed by atoms with Crippen LogP contribution in [0, 0.1) is 0 Å². The molecule has 0 saturated carbocycles. The van der Waals surface area contributed by atoms with E-state index in [0.717, 1.165) is 18.8 Å². The number of likely N-dealkylation sites (N-methyl/N-ethyl adjacent to an activating group) is 1. The summed E-state index contributed by atoms with van der Waals surface area (Å²) in [5.74, 6) is 0.542. The van der Waals surface area contributed by atoms with Gasteiger partial charge in [-0.1, -0.05) is 13.8 Å². The maximum atomic E-state index is 12.5. The van der Waals surface area contributed by atoms with Crippen molar-refractivity contribution in [1.82, 2.24) is 29.5 Å². The van der Waals surface area contributed by atoms with Crippen molar-refractivity contribution in [2.24, 2.45) is 7.05 Å². The Kier molecular flexibility index (Phi) is 5.70. The van der Waals surface area contributed by atoms with Gasteiger partial charge >= 0.3 is 0 Å². The third-order valence-electron chi connectivity index (χ3n) is 4.65. The molecule has 0 unspecified atom stereocenters. The Bertz CT molecular complexity index is 955. The molecule has 9 heteroatoms. The highest BCUT2D eigenvalue weighted by molar-refractivity contribution is 5.77. The molecule has 0 aliphatic heterocycles. The predicted molar refractivity (Wildman–Crippen MR) is 100 cm³/mol. The maximum Gasteiger partial charge on any atom is 0.264 e. The van der Waals surface area contributed by atoms with E-state index in [0.29, 0.717) is 17.6 Å². The number of rotatable bonds is 8. The molecule has 0 aliphatic rings. The van der Waals surface area contributed by atoms with Gasteiger partial charge in [0.05, 0.1) is 18.5 Å². The van der Waals surface area contributed by atoms with Crippen molar-refractivity contribution in [2.45, 2.75) is 26.4 Å². The Labute approximate surface area is 156 Å². The van der Waals surface area contributed by atoms with Gasteiger partial charge in [-0.2, -0.15) is 5.10 Å². The Hall–Kier alpha value is -2.94. The van der Waals surface area contributed by atoms with Crippen LogP contribution in [0.2, 0.25) is 0 Å². The number of nitrogens with zero attached hydrogens (tertiary/aromatic N) is 5. The summed E-state index contributed by atoms with van der Waals surface area (Å²) in [7, 11) is 1.72. The van der Waals surface area contributed by atoms with Crippen LogP contribution in [-0.4, -0.2) is 49.8 Å². The molecule has 0 fully saturated rings. The molecule has 3 heterocycles. The number of aryl methyl sites for hydroxylation is 1. The maximum absolute atomic E-state index is 12.5. The highest BCUT2D eigenvalue weighted by atomic mass is 16.3. The molecule has 3 rings (SSSR count). The number of nitrogens with one attached hydrogen (secondary N) is 1. The first-order valence-electron chi connectivity index (χ1n) is 8.96. The average molecular weight is 372 g/mol. The zero-order valence-corrected chi connectivity index (χ0v) is 15.8. The second kappa shape index (κ2) is 8.17. The molecule has 1 N–H and O–H groups in total. The number of furan rings is 1. The van der Waals surface area contributed by atoms with Gasteiger partial charge < -0.3 is 9.73 Å². The monoisotopic (exact) mass is 372 g/mol. The van der Waals surface area contributed by atoms with Gasteiger partial charge in [0.1, 0.15) is 24.0 Å². The first kappa shape index (κ1) is 18.8. The standard InChI is InChI=1S/C18H24N6O3/c1-4-23(5-2)14(15-7-6-8-27-15)10-19-16(25)11-24-12-20-17-13(18(24)26)9-21-22(17)3/h6-9,12,14H,4-5,10-11H2,1-3H3,(H,19,25)/t14-/m1/s1. The van der Waals surface area contributed by atoms with Crippen molar-refractivity contribution < 1.29 is 9.21 Å². The smallest absolute Gasteiger partial charge is 0.264 e. The Morgan fingerprint density at radius 1 is 1.37 bits per heavy atom. The fraction of sp³-hybridized carbons (Fsp3) is 0.444. The molecular weight excluding hydrogens is 348 g/mol. The Morgan fingerprint density at radius 3 is 2.81 bits per heavy atom. The van der Waals surface area contributed by atoms with Crippen LogP contribution >= 0.6 is 0 Å². The summed E-state index contributed by atoms with van der Waals surface area (Å²) in [5, 5.41) is 7.32. The lowest BCUT2D eigenvalue weighted by molar-refractivity contribution is -0.122. The summed E-state index contributed by atoms with van der Waals surface area (Å²) in [6.07, 6.45) is 4.47. The second-order valence-electron chi connectivity index (χ2n) is 6.24. The summed E-state index contributed by atoms with van der Waals surface area (Å²) in [5.41, 5.74) is 0.214. The quantitative estimate of drug-likeness (QED) is 0.631. The molecule has 9 nitrogen and oxygen atoms in total. The van der Waals surface area contributed by atoms with E-state index in [2.05, 4.69) is 34.1 Å². The third-order valence-corrected chi connectivity index (χ3v) is 4.65. The molecule has 0 spiro atoms. The highest BCUT2D eigenvalue weighted by Gasteiger charge is 2.21. The van der Waals surface area contributed by atoms with Crippen molar-refractivity contribution in [2.75, 3.05) is 19.6 Å². The summed E-state index contributed by atoms with van der Waals surface area (Å²) in [6.45, 7) is 6.09. The van der Waals surface area contributed by atoms with Gasteiger partial charge in [-0.3, -0.25) is 23.7 Å². The number of carbonyl (C=O) groups is 1. The molecule has 3 aromatic rings. The van der Waals surface area contributed by atoms with Gasteiger partial charge in [0, 0.05) is 13.6 Å². The summed E-state index contributed by atoms with van der Waals surface area (Å²) in [4.78, 5) is 31.3. The Morgan fingerprint density at radius 2 is 2.15 bits per heavy atom. The first-order valence-corrected chi connectivity index (χ1v) is 8.96. The van der Waals surface area contributed by atoms with Gasteiger partial charge in [0.15, 0.2) is 5.65 Å². The molecular formula is C18H24N6O3. The van der Waals surface area contributed by atoms with E-state index in [4.69, 9.17) is 4.42 Å². The van der Waals surface area contributed by atoms with Crippen molar-refractivity contribution in [3.05, 3.63) is 47.0 Å². The van der Waals surface area contributed by atoms with Gasteiger partial charge in [0.25, 0.3) is 5.56 Å². The van der Waals surface area contributed by atoms with Crippen LogP contribution in [0.25, 0.3) is 11.0 Å². The first-order chi connectivity index (χ1) is 13.0. The lowest BCUT2D eigenvalue weighted by atomic mass is 10.2. The van der Waals surface area contributed by atoms with Gasteiger partial charge in [-0.25, -0.2) is 4.98 Å². The number of aromatic nitrogens is 4. The molecule has 0 radical (unpaired) electrons. The number of fused-ring (bicyclic) bond motifs is 1. The van der Waals surface area contributed by atoms with Crippen LogP contribution in [0.5, 0.6) is 0 Å². The van der Waals surface area contributed by atoms with Gasteiger partial charge in [-0.15, -0.1) is 0 Å². The molecule has 0 aliphatic carbocycles. The molecule has 27 heavy (non-hydrogen) atoms. The lowest BCUT2D eigenvalue weighted by Crippen LogP contribution is -2.40. The van der Waals surface area contributed by atoms with Crippen LogP contribution < -0.4 is 10.9 Å². The second-order valence-corrected chi connectivity index (χ2v) is 6.24. The van der Waals surface area contributed by atoms with Crippen molar-refractivity contribution in [3.63, 3.8) is 0 Å². The molecule has 1 amide bonds. The van der Waals surface area contributed by atoms with Crippen LogP contribution in [0.4, 0.5) is 0 Å². The van der Waals surface area contributed by atoms with Crippen LogP contribution in [0.3, 0.4) is 0 Å². The fourth-order valence-corrected chi connectivity index (χ4v) is 3.16. The van der Waals surface area contributed by atoms with E-state index in [1.165, 1.54) is 21.8 Å². The van der Waals surface area contributed by atoms with Gasteiger partial charge in [-0.05, 0) is 25.2 Å². The van der Waals surface area contributed by atoms with E-state index in [-0.39, 0.29) is 24.1 Å². The van der Waals surface area contributed by atoms with Crippen molar-refractivity contribution in [3.8, 4) is 0 Å². The molecule has 144 valence electrons. The zero-order valence-electron chi connectivity index (χ0n) is 15.8. The SMILES string of the molecule is CCN(CC)[C@H](CNC(=O)Cn1cnc2c(cnn2C)c1=O)c1ccco1. The average Bonchev–Trinajstić information content (AvgIpc) is 3.31. The number of hydrogen-bond donors (Lipinski definition) is 1. The van der Waals surface area contributed by atoms with Crippen LogP contribution in [0.15, 0.2) is 40.1 Å². The fourth-order valence-electron chi connectivity index (χ4n) is 3.16. The minimum atomic E-state index is -0.283. The topological polar surface area (TPSA) is 98.2 Å². The van der Waals surface area contributed by atoms with Crippen molar-refractivity contribution >= 4 is 16.9 Å². The summed E-state index contributed by atoms with van der Waals surface area (Å²) >= 11 is 0. The number of amides is 1. The highest BCUT2D eigenvalue weighted by Crippen LogP contribution is 2.20. The minimum Gasteiger partial charge on any atom is -0.468 e. The third kappa shape index (κ3) is 3.92. The van der Waals surface area contributed by atoms with Crippen LogP contribution in [0.1, 0.15) is 25.6 Å². The lowest BCUT2D eigenvalue weighted by Gasteiger charge is -2.28. The van der Waals surface area contributed by atoms with E-state index < -0.39 is 0 Å².